The molecule has 1 aromatic carbocycles. The van der Waals surface area contributed by atoms with Crippen molar-refractivity contribution in [1.29, 1.82) is 0 Å². The normalized spacial score (nSPS) is 22.6. The van der Waals surface area contributed by atoms with Gasteiger partial charge in [-0.1, -0.05) is 32.1 Å². The maximum atomic E-state index is 14.9. The van der Waals surface area contributed by atoms with Crippen LogP contribution in [0.15, 0.2) is 36.7 Å². The Kier molecular flexibility index (Phi) is 4.40. The average molecular weight is 467 g/mol. The minimum Gasteiger partial charge on any atom is -0.346 e. The molecule has 3 aromatic heterocycles. The number of halogens is 2. The van der Waals surface area contributed by atoms with E-state index in [9.17, 15) is 8.78 Å². The van der Waals surface area contributed by atoms with E-state index in [0.29, 0.717) is 11.2 Å². The molecule has 2 atom stereocenters. The first-order valence-corrected chi connectivity index (χ1v) is 12.0. The molecule has 0 bridgehead atoms. The number of hydrogen-bond acceptors (Lipinski definition) is 6. The van der Waals surface area contributed by atoms with Gasteiger partial charge < -0.3 is 4.90 Å². The van der Waals surface area contributed by atoms with Gasteiger partial charge in [-0.3, -0.25) is 0 Å². The van der Waals surface area contributed by atoms with Crippen molar-refractivity contribution >= 4 is 22.8 Å². The van der Waals surface area contributed by atoms with Gasteiger partial charge in [0.2, 0.25) is 0 Å². The Morgan fingerprint density at radius 2 is 1.97 bits per heavy atom. The Morgan fingerprint density at radius 3 is 2.70 bits per heavy atom. The Hall–Kier alpha value is -2.94. The molecule has 4 heterocycles. The molecule has 9 heteroatoms. The molecule has 1 saturated heterocycles. The van der Waals surface area contributed by atoms with Crippen LogP contribution in [0.4, 0.5) is 14.6 Å². The van der Waals surface area contributed by atoms with Crippen LogP contribution in [0.2, 0.25) is 0 Å². The Morgan fingerprint density at radius 1 is 1.12 bits per heavy atom. The lowest BCUT2D eigenvalue weighted by Crippen LogP contribution is -2.52. The first-order valence-electron chi connectivity index (χ1n) is 11.2. The van der Waals surface area contributed by atoms with E-state index in [0.717, 1.165) is 47.2 Å². The molecule has 2 aliphatic rings. The van der Waals surface area contributed by atoms with Crippen molar-refractivity contribution < 1.29 is 8.78 Å². The van der Waals surface area contributed by atoms with Crippen LogP contribution in [-0.4, -0.2) is 31.3 Å². The van der Waals surface area contributed by atoms with Crippen LogP contribution in [-0.2, 0) is 11.0 Å². The third kappa shape index (κ3) is 3.01. The molecule has 1 aliphatic carbocycles. The van der Waals surface area contributed by atoms with E-state index < -0.39 is 11.4 Å². The minimum absolute atomic E-state index is 0.0896. The molecule has 0 amide bonds. The summed E-state index contributed by atoms with van der Waals surface area (Å²) in [5.41, 5.74) is 1.29. The molecular weight excluding hydrogens is 442 g/mol. The first-order chi connectivity index (χ1) is 15.8. The molecule has 0 spiro atoms. The van der Waals surface area contributed by atoms with Crippen LogP contribution in [0.25, 0.3) is 16.2 Å². The topological polar surface area (TPSA) is 59.2 Å². The molecular formula is C24H24F2N6S. The highest BCUT2D eigenvalue weighted by atomic mass is 32.1. The lowest BCUT2D eigenvalue weighted by atomic mass is 9.63. The van der Waals surface area contributed by atoms with Gasteiger partial charge in [0.05, 0.1) is 17.3 Å². The molecule has 1 aliphatic heterocycles. The quantitative estimate of drug-likeness (QED) is 0.408. The van der Waals surface area contributed by atoms with E-state index in [4.69, 9.17) is 4.98 Å². The summed E-state index contributed by atoms with van der Waals surface area (Å²) in [5, 5.41) is 14.9. The van der Waals surface area contributed by atoms with E-state index in [1.807, 2.05) is 12.3 Å². The summed E-state index contributed by atoms with van der Waals surface area (Å²) in [5.74, 6) is 0.262. The van der Waals surface area contributed by atoms with Crippen LogP contribution in [0.5, 0.6) is 0 Å². The van der Waals surface area contributed by atoms with Crippen molar-refractivity contribution in [1.82, 2.24) is 24.8 Å². The van der Waals surface area contributed by atoms with Crippen molar-refractivity contribution in [2.75, 3.05) is 11.4 Å². The highest BCUT2D eigenvalue weighted by Gasteiger charge is 2.57. The van der Waals surface area contributed by atoms with Crippen molar-refractivity contribution in [2.24, 2.45) is 5.92 Å². The second-order valence-electron chi connectivity index (χ2n) is 10.00. The summed E-state index contributed by atoms with van der Waals surface area (Å²) in [4.78, 5) is 7.12. The van der Waals surface area contributed by atoms with E-state index in [1.54, 1.807) is 22.0 Å². The van der Waals surface area contributed by atoms with Gasteiger partial charge >= 0.3 is 0 Å². The second kappa shape index (κ2) is 7.03. The largest absolute Gasteiger partial charge is 0.346 e. The van der Waals surface area contributed by atoms with Gasteiger partial charge in [-0.25, -0.2) is 18.3 Å². The zero-order valence-electron chi connectivity index (χ0n) is 18.7. The van der Waals surface area contributed by atoms with Crippen molar-refractivity contribution in [3.63, 3.8) is 0 Å². The van der Waals surface area contributed by atoms with Gasteiger partial charge in [0, 0.05) is 23.7 Å². The van der Waals surface area contributed by atoms with Crippen LogP contribution < -0.4 is 4.90 Å². The summed E-state index contributed by atoms with van der Waals surface area (Å²) in [6, 6.07) is 5.68. The molecule has 2 fully saturated rings. The fourth-order valence-corrected chi connectivity index (χ4v) is 6.20. The summed E-state index contributed by atoms with van der Waals surface area (Å²) in [6.07, 6.45) is 6.35. The monoisotopic (exact) mass is 466 g/mol. The minimum atomic E-state index is -0.556. The molecule has 0 unspecified atom stereocenters. The Bertz CT molecular complexity index is 1370. The highest BCUT2D eigenvalue weighted by molar-refractivity contribution is 7.14. The van der Waals surface area contributed by atoms with Gasteiger partial charge in [-0.15, -0.1) is 10.2 Å². The summed E-state index contributed by atoms with van der Waals surface area (Å²) < 4.78 is 30.8. The SMILES string of the molecule is CC(C)(C)c1nnc(-c2cnn3ccc(N4CC[C@H]5CC[C@]54c4cc(F)ccc4F)nc23)s1. The molecule has 33 heavy (non-hydrogen) atoms. The number of benzene rings is 1. The predicted octanol–water partition coefficient (Wildman–Crippen LogP) is 5.34. The van der Waals surface area contributed by atoms with Gasteiger partial charge in [-0.2, -0.15) is 5.10 Å². The van der Waals surface area contributed by atoms with E-state index in [1.165, 1.54) is 18.2 Å². The van der Waals surface area contributed by atoms with Crippen LogP contribution in [0, 0.1) is 17.6 Å². The van der Waals surface area contributed by atoms with Crippen LogP contribution in [0.1, 0.15) is 50.6 Å². The fourth-order valence-electron chi connectivity index (χ4n) is 5.29. The molecule has 6 nitrogen and oxygen atoms in total. The molecule has 170 valence electrons. The van der Waals surface area contributed by atoms with E-state index >= 15 is 0 Å². The van der Waals surface area contributed by atoms with Gasteiger partial charge in [-0.05, 0) is 49.4 Å². The number of rotatable bonds is 3. The second-order valence-corrected chi connectivity index (χ2v) is 11.0. The summed E-state index contributed by atoms with van der Waals surface area (Å²) >= 11 is 1.54. The van der Waals surface area contributed by atoms with Gasteiger partial charge in [0.25, 0.3) is 0 Å². The number of aromatic nitrogens is 5. The number of hydrogen-bond donors (Lipinski definition) is 0. The first kappa shape index (κ1) is 20.7. The zero-order chi connectivity index (χ0) is 23.0. The number of anilines is 1. The third-order valence-corrected chi connectivity index (χ3v) is 8.44. The van der Waals surface area contributed by atoms with E-state index in [-0.39, 0.29) is 17.2 Å². The van der Waals surface area contributed by atoms with Crippen LogP contribution >= 0.6 is 11.3 Å². The van der Waals surface area contributed by atoms with E-state index in [2.05, 4.69) is 41.0 Å². The lowest BCUT2D eigenvalue weighted by molar-refractivity contribution is 0.154. The van der Waals surface area contributed by atoms with Crippen molar-refractivity contribution in [3.8, 4) is 10.6 Å². The molecule has 1 saturated carbocycles. The van der Waals surface area contributed by atoms with Gasteiger partial charge in [0.1, 0.15) is 22.5 Å². The van der Waals surface area contributed by atoms with Crippen LogP contribution in [0.3, 0.4) is 0 Å². The summed E-state index contributed by atoms with van der Waals surface area (Å²) in [6.45, 7) is 7.08. The standard InChI is InChI=1S/C24H24F2N6S/c1-23(2,3)22-30-29-21(33-22)16-13-27-32-11-8-19(28-20(16)32)31-10-7-14-6-9-24(14,31)17-12-15(25)4-5-18(17)26/h4-5,8,11-14H,6-7,9-10H2,1-3H3/t14-,24-/m1/s1. The molecule has 4 aromatic rings. The maximum Gasteiger partial charge on any atom is 0.167 e. The number of fused-ring (bicyclic) bond motifs is 2. The lowest BCUT2D eigenvalue weighted by Gasteiger charge is -2.51. The molecule has 6 rings (SSSR count). The molecule has 0 N–H and O–H groups in total. The third-order valence-electron chi connectivity index (χ3n) is 7.05. The zero-order valence-corrected chi connectivity index (χ0v) is 19.5. The maximum absolute atomic E-state index is 14.9. The average Bonchev–Trinajstić information content (AvgIpc) is 3.45. The predicted molar refractivity (Wildman–Crippen MR) is 123 cm³/mol. The smallest absolute Gasteiger partial charge is 0.167 e. The Labute approximate surface area is 194 Å². The number of nitrogens with zero attached hydrogens (tertiary/aromatic N) is 6. The fraction of sp³-hybridized carbons (Fsp3) is 0.417. The van der Waals surface area contributed by atoms with Crippen molar-refractivity contribution in [3.05, 3.63) is 58.9 Å². The summed E-state index contributed by atoms with van der Waals surface area (Å²) in [7, 11) is 0. The highest BCUT2D eigenvalue weighted by Crippen LogP contribution is 2.58. The molecule has 0 radical (unpaired) electrons. The van der Waals surface area contributed by atoms with Gasteiger partial charge in [0.15, 0.2) is 10.7 Å². The Balaban J connectivity index is 1.45. The van der Waals surface area contributed by atoms with Crippen molar-refractivity contribution in [2.45, 2.75) is 51.0 Å².